The minimum atomic E-state index is -4.63. The van der Waals surface area contributed by atoms with Crippen molar-refractivity contribution in [3.05, 3.63) is 82.9 Å². The molecule has 3 aromatic rings. The summed E-state index contributed by atoms with van der Waals surface area (Å²) < 4.78 is 66.9. The first-order chi connectivity index (χ1) is 15.6. The van der Waals surface area contributed by atoms with Gasteiger partial charge >= 0.3 is 6.18 Å². The van der Waals surface area contributed by atoms with E-state index in [1.54, 1.807) is 24.3 Å². The number of hydrogen-bond donors (Lipinski definition) is 1. The number of nitrogens with two attached hydrogens (primary N) is 1. The monoisotopic (exact) mass is 465 g/mol. The molecule has 0 aliphatic carbocycles. The Bertz CT molecular complexity index is 1080. The number of fused-ring (bicyclic) bond motifs is 1. The van der Waals surface area contributed by atoms with Crippen LogP contribution in [0.25, 0.3) is 0 Å². The van der Waals surface area contributed by atoms with Crippen LogP contribution < -0.4 is 5.73 Å². The maximum Gasteiger partial charge on any atom is 0.451 e. The van der Waals surface area contributed by atoms with Crippen molar-refractivity contribution >= 4 is 5.91 Å². The first-order valence-corrected chi connectivity index (χ1v) is 10.2. The molecule has 1 unspecified atom stereocenters. The van der Waals surface area contributed by atoms with Crippen LogP contribution in [0.5, 0.6) is 0 Å². The highest BCUT2D eigenvalue weighted by Gasteiger charge is 2.40. The van der Waals surface area contributed by atoms with E-state index in [1.165, 1.54) is 29.2 Å². The van der Waals surface area contributed by atoms with Gasteiger partial charge in [-0.1, -0.05) is 24.3 Å². The van der Waals surface area contributed by atoms with Crippen LogP contribution in [-0.2, 0) is 24.1 Å². The number of halogens is 5. The number of amides is 1. The lowest BCUT2D eigenvalue weighted by molar-refractivity contribution is -0.148. The molecule has 0 saturated heterocycles. The summed E-state index contributed by atoms with van der Waals surface area (Å²) in [6.45, 7) is -0.151. The van der Waals surface area contributed by atoms with Crippen LogP contribution >= 0.6 is 0 Å². The molecule has 6 nitrogen and oxygen atoms in total. The zero-order valence-electron chi connectivity index (χ0n) is 17.3. The van der Waals surface area contributed by atoms with Crippen LogP contribution in [0.3, 0.4) is 0 Å². The number of aromatic nitrogens is 3. The highest BCUT2D eigenvalue weighted by atomic mass is 19.4. The van der Waals surface area contributed by atoms with Gasteiger partial charge in [0.25, 0.3) is 0 Å². The first kappa shape index (κ1) is 22.8. The van der Waals surface area contributed by atoms with E-state index in [0.717, 1.165) is 4.57 Å². The molecular formula is C22H20F5N5O. The van der Waals surface area contributed by atoms with Gasteiger partial charge in [0.05, 0.1) is 6.54 Å². The average Bonchev–Trinajstić information content (AvgIpc) is 3.20. The van der Waals surface area contributed by atoms with Crippen molar-refractivity contribution in [3.8, 4) is 0 Å². The highest BCUT2D eigenvalue weighted by molar-refractivity contribution is 5.77. The molecule has 1 aromatic heterocycles. The van der Waals surface area contributed by atoms with E-state index >= 15 is 0 Å². The van der Waals surface area contributed by atoms with Gasteiger partial charge in [-0.15, -0.1) is 10.2 Å². The number of hydrogen-bond acceptors (Lipinski definition) is 4. The van der Waals surface area contributed by atoms with Crippen LogP contribution in [0.2, 0.25) is 0 Å². The van der Waals surface area contributed by atoms with E-state index in [0.29, 0.717) is 11.1 Å². The standard InChI is InChI=1S/C22H20F5N5O/c23-15-5-1-13(2-6-15)20(14-3-7-16(24)8-4-14)17(28)11-19(33)31-9-10-32-18(12-31)29-30-21(32)22(25,26)27/h1-8,17,20H,9-12,28H2. The van der Waals surface area contributed by atoms with E-state index in [9.17, 15) is 26.7 Å². The van der Waals surface area contributed by atoms with Crippen LogP contribution in [0.1, 0.15) is 35.1 Å². The lowest BCUT2D eigenvalue weighted by Crippen LogP contribution is -2.43. The fourth-order valence-electron chi connectivity index (χ4n) is 4.06. The number of benzene rings is 2. The predicted octanol–water partition coefficient (Wildman–Crippen LogP) is 3.47. The molecule has 1 aliphatic heterocycles. The third kappa shape index (κ3) is 4.87. The Morgan fingerprint density at radius 1 is 0.939 bits per heavy atom. The Morgan fingerprint density at radius 3 is 2.00 bits per heavy atom. The van der Waals surface area contributed by atoms with Gasteiger partial charge in [0.1, 0.15) is 11.6 Å². The number of carbonyl (C=O) groups excluding carboxylic acids is 1. The number of carbonyl (C=O) groups is 1. The van der Waals surface area contributed by atoms with Crippen molar-refractivity contribution < 1.29 is 26.7 Å². The minimum Gasteiger partial charge on any atom is -0.333 e. The van der Waals surface area contributed by atoms with Crippen LogP contribution in [0, 0.1) is 11.6 Å². The summed E-state index contributed by atoms with van der Waals surface area (Å²) in [5, 5.41) is 6.79. The molecule has 4 rings (SSSR count). The number of rotatable bonds is 5. The second-order valence-corrected chi connectivity index (χ2v) is 7.85. The Kier molecular flexibility index (Phi) is 6.15. The summed E-state index contributed by atoms with van der Waals surface area (Å²) in [6.07, 6.45) is -4.75. The maximum absolute atomic E-state index is 13.4. The van der Waals surface area contributed by atoms with Gasteiger partial charge in [0.2, 0.25) is 11.7 Å². The predicted molar refractivity (Wildman–Crippen MR) is 108 cm³/mol. The van der Waals surface area contributed by atoms with Gasteiger partial charge in [-0.3, -0.25) is 4.79 Å². The summed E-state index contributed by atoms with van der Waals surface area (Å²) in [7, 11) is 0. The molecule has 0 spiro atoms. The van der Waals surface area contributed by atoms with Gasteiger partial charge < -0.3 is 15.2 Å². The molecule has 0 fully saturated rings. The van der Waals surface area contributed by atoms with Crippen molar-refractivity contribution in [2.45, 2.75) is 37.6 Å². The van der Waals surface area contributed by atoms with Crippen molar-refractivity contribution in [2.24, 2.45) is 5.73 Å². The van der Waals surface area contributed by atoms with E-state index in [1.807, 2.05) is 0 Å². The second kappa shape index (κ2) is 8.89. The normalized spacial score (nSPS) is 14.9. The zero-order valence-corrected chi connectivity index (χ0v) is 17.3. The Labute approximate surface area is 185 Å². The molecule has 11 heteroatoms. The average molecular weight is 465 g/mol. The topological polar surface area (TPSA) is 77.0 Å². The fraction of sp³-hybridized carbons (Fsp3) is 0.318. The highest BCUT2D eigenvalue weighted by Crippen LogP contribution is 2.31. The molecule has 1 amide bonds. The first-order valence-electron chi connectivity index (χ1n) is 10.2. The molecule has 2 N–H and O–H groups in total. The molecule has 174 valence electrons. The van der Waals surface area contributed by atoms with Crippen molar-refractivity contribution in [1.82, 2.24) is 19.7 Å². The Morgan fingerprint density at radius 2 is 1.48 bits per heavy atom. The molecule has 2 aromatic carbocycles. The quantitative estimate of drug-likeness (QED) is 0.586. The van der Waals surface area contributed by atoms with E-state index < -0.39 is 35.6 Å². The molecular weight excluding hydrogens is 445 g/mol. The van der Waals surface area contributed by atoms with Crippen LogP contribution in [0.4, 0.5) is 22.0 Å². The van der Waals surface area contributed by atoms with Crippen molar-refractivity contribution in [2.75, 3.05) is 6.54 Å². The SMILES string of the molecule is NC(CC(=O)N1CCn2c(nnc2C(F)(F)F)C1)C(c1ccc(F)cc1)c1ccc(F)cc1. The molecule has 0 saturated carbocycles. The van der Waals surface area contributed by atoms with Gasteiger partial charge in [-0.2, -0.15) is 13.2 Å². The summed E-state index contributed by atoms with van der Waals surface area (Å²) in [5.41, 5.74) is 7.70. The Hall–Kier alpha value is -3.34. The van der Waals surface area contributed by atoms with Gasteiger partial charge in [-0.25, -0.2) is 8.78 Å². The second-order valence-electron chi connectivity index (χ2n) is 7.85. The summed E-state index contributed by atoms with van der Waals surface area (Å²) in [5.74, 6) is -2.80. The van der Waals surface area contributed by atoms with Crippen molar-refractivity contribution in [3.63, 3.8) is 0 Å². The van der Waals surface area contributed by atoms with Crippen LogP contribution in [0.15, 0.2) is 48.5 Å². The fourth-order valence-corrected chi connectivity index (χ4v) is 4.06. The number of alkyl halides is 3. The smallest absolute Gasteiger partial charge is 0.333 e. The third-order valence-electron chi connectivity index (χ3n) is 5.66. The molecule has 0 radical (unpaired) electrons. The van der Waals surface area contributed by atoms with E-state index in [-0.39, 0.29) is 37.8 Å². The Balaban J connectivity index is 1.52. The van der Waals surface area contributed by atoms with Crippen molar-refractivity contribution in [1.29, 1.82) is 0 Å². The van der Waals surface area contributed by atoms with Crippen LogP contribution in [-0.4, -0.2) is 38.2 Å². The summed E-state index contributed by atoms with van der Waals surface area (Å²) in [6, 6.07) is 10.5. The molecule has 0 bridgehead atoms. The van der Waals surface area contributed by atoms with Gasteiger partial charge in [0.15, 0.2) is 5.82 Å². The lowest BCUT2D eigenvalue weighted by Gasteiger charge is -2.31. The lowest BCUT2D eigenvalue weighted by atomic mass is 9.84. The van der Waals surface area contributed by atoms with E-state index in [4.69, 9.17) is 5.73 Å². The number of nitrogens with zero attached hydrogens (tertiary/aromatic N) is 4. The van der Waals surface area contributed by atoms with Gasteiger partial charge in [-0.05, 0) is 35.4 Å². The molecule has 1 atom stereocenters. The molecule has 1 aliphatic rings. The molecule has 2 heterocycles. The van der Waals surface area contributed by atoms with E-state index in [2.05, 4.69) is 10.2 Å². The summed E-state index contributed by atoms with van der Waals surface area (Å²) >= 11 is 0. The minimum absolute atomic E-state index is 0.0455. The largest absolute Gasteiger partial charge is 0.451 e. The van der Waals surface area contributed by atoms with Gasteiger partial charge in [0, 0.05) is 31.5 Å². The molecule has 33 heavy (non-hydrogen) atoms. The maximum atomic E-state index is 13.4. The third-order valence-corrected chi connectivity index (χ3v) is 5.66. The zero-order chi connectivity index (χ0) is 23.8. The summed E-state index contributed by atoms with van der Waals surface area (Å²) in [4.78, 5) is 14.3.